The number of anilines is 1. The Bertz CT molecular complexity index is 689. The highest BCUT2D eigenvalue weighted by molar-refractivity contribution is 6.29. The molecule has 0 spiro atoms. The van der Waals surface area contributed by atoms with Crippen molar-refractivity contribution in [1.29, 1.82) is 0 Å². The van der Waals surface area contributed by atoms with E-state index < -0.39 is 0 Å². The van der Waals surface area contributed by atoms with Crippen LogP contribution in [0.1, 0.15) is 15.9 Å². The number of carbonyl (C=O) groups is 1. The summed E-state index contributed by atoms with van der Waals surface area (Å²) in [4.78, 5) is 14.5. The number of halogens is 1. The molecule has 1 amide bonds. The summed E-state index contributed by atoms with van der Waals surface area (Å²) >= 11 is 5.76. The Labute approximate surface area is 139 Å². The van der Waals surface area contributed by atoms with Crippen molar-refractivity contribution in [3.63, 3.8) is 0 Å². The topological polar surface area (TPSA) is 67.4 Å². The van der Waals surface area contributed by atoms with E-state index in [1.54, 1.807) is 0 Å². The lowest BCUT2D eigenvalue weighted by Gasteiger charge is -2.30. The third-order valence-electron chi connectivity index (χ3n) is 3.67. The maximum atomic E-state index is 12.2. The van der Waals surface area contributed by atoms with Crippen LogP contribution in [-0.4, -0.2) is 42.4 Å². The molecule has 7 heteroatoms. The van der Waals surface area contributed by atoms with E-state index in [4.69, 9.17) is 16.3 Å². The number of morpholine rings is 1. The average Bonchev–Trinajstić information content (AvgIpc) is 2.60. The van der Waals surface area contributed by atoms with Gasteiger partial charge in [0.05, 0.1) is 25.0 Å². The summed E-state index contributed by atoms with van der Waals surface area (Å²) < 4.78 is 5.39. The fourth-order valence-corrected chi connectivity index (χ4v) is 2.68. The van der Waals surface area contributed by atoms with Gasteiger partial charge in [-0.25, -0.2) is 0 Å². The first-order valence-electron chi connectivity index (χ1n) is 7.41. The lowest BCUT2D eigenvalue weighted by molar-refractivity contribution is 0.0950. The zero-order chi connectivity index (χ0) is 16.1. The van der Waals surface area contributed by atoms with Crippen molar-refractivity contribution < 1.29 is 9.53 Å². The Morgan fingerprint density at radius 3 is 2.87 bits per heavy atom. The Kier molecular flexibility index (Phi) is 5.05. The summed E-state index contributed by atoms with van der Waals surface area (Å²) in [6.07, 6.45) is 1.40. The molecule has 1 aromatic carbocycles. The first-order chi connectivity index (χ1) is 11.2. The number of rotatable bonds is 4. The van der Waals surface area contributed by atoms with Crippen molar-refractivity contribution >= 4 is 23.2 Å². The van der Waals surface area contributed by atoms with Gasteiger partial charge in [-0.2, -0.15) is 5.10 Å². The van der Waals surface area contributed by atoms with Crippen LogP contribution in [-0.2, 0) is 11.3 Å². The highest BCUT2D eigenvalue weighted by Gasteiger charge is 2.15. The van der Waals surface area contributed by atoms with Gasteiger partial charge < -0.3 is 15.0 Å². The average molecular weight is 333 g/mol. The third kappa shape index (κ3) is 3.97. The number of hydrogen-bond acceptors (Lipinski definition) is 5. The van der Waals surface area contributed by atoms with Crippen molar-refractivity contribution in [2.75, 3.05) is 31.2 Å². The molecule has 1 N–H and O–H groups in total. The van der Waals surface area contributed by atoms with E-state index in [0.29, 0.717) is 12.1 Å². The number of hydrogen-bond donors (Lipinski definition) is 1. The van der Waals surface area contributed by atoms with E-state index in [-0.39, 0.29) is 11.1 Å². The van der Waals surface area contributed by atoms with Gasteiger partial charge in [0.2, 0.25) is 0 Å². The third-order valence-corrected chi connectivity index (χ3v) is 3.85. The molecule has 0 aliphatic carbocycles. The molecule has 6 nitrogen and oxygen atoms in total. The fraction of sp³-hybridized carbons (Fsp3) is 0.312. The highest BCUT2D eigenvalue weighted by atomic mass is 35.5. The van der Waals surface area contributed by atoms with Crippen LogP contribution < -0.4 is 10.2 Å². The number of amides is 1. The summed E-state index contributed by atoms with van der Waals surface area (Å²) in [6.45, 7) is 3.60. The lowest BCUT2D eigenvalue weighted by Crippen LogP contribution is -2.37. The molecule has 1 fully saturated rings. The first kappa shape index (κ1) is 15.7. The minimum Gasteiger partial charge on any atom is -0.378 e. The minimum absolute atomic E-state index is 0.200. The highest BCUT2D eigenvalue weighted by Crippen LogP contribution is 2.21. The normalized spacial score (nSPS) is 14.6. The molecular formula is C16H17ClN4O2. The Morgan fingerprint density at radius 1 is 1.30 bits per heavy atom. The summed E-state index contributed by atoms with van der Waals surface area (Å²) in [6, 6.07) is 9.55. The van der Waals surface area contributed by atoms with Crippen molar-refractivity contribution in [3.05, 3.63) is 52.8 Å². The van der Waals surface area contributed by atoms with Gasteiger partial charge in [0.15, 0.2) is 5.15 Å². The smallest absolute Gasteiger partial charge is 0.253 e. The Balaban J connectivity index is 1.69. The van der Waals surface area contributed by atoms with E-state index in [1.165, 1.54) is 12.3 Å². The van der Waals surface area contributed by atoms with Crippen molar-refractivity contribution in [3.8, 4) is 0 Å². The summed E-state index contributed by atoms with van der Waals surface area (Å²) in [5.41, 5.74) is 2.59. The summed E-state index contributed by atoms with van der Waals surface area (Å²) in [7, 11) is 0. The van der Waals surface area contributed by atoms with Crippen LogP contribution in [0.4, 0.5) is 5.69 Å². The molecule has 0 unspecified atom stereocenters. The van der Waals surface area contributed by atoms with Gasteiger partial charge in [-0.1, -0.05) is 29.8 Å². The Hall–Kier alpha value is -2.18. The predicted molar refractivity (Wildman–Crippen MR) is 87.7 cm³/mol. The molecule has 1 saturated heterocycles. The molecule has 1 aromatic heterocycles. The van der Waals surface area contributed by atoms with Crippen LogP contribution in [0.15, 0.2) is 36.5 Å². The number of para-hydroxylation sites is 1. The molecular weight excluding hydrogens is 316 g/mol. The molecule has 3 rings (SSSR count). The number of benzene rings is 1. The van der Waals surface area contributed by atoms with Gasteiger partial charge in [-0.15, -0.1) is 5.10 Å². The van der Waals surface area contributed by atoms with Crippen molar-refractivity contribution in [2.45, 2.75) is 6.54 Å². The van der Waals surface area contributed by atoms with Gasteiger partial charge in [-0.05, 0) is 17.7 Å². The fourth-order valence-electron chi connectivity index (χ4n) is 2.52. The van der Waals surface area contributed by atoms with Gasteiger partial charge in [0, 0.05) is 25.3 Å². The van der Waals surface area contributed by atoms with E-state index in [9.17, 15) is 4.79 Å². The van der Waals surface area contributed by atoms with E-state index in [0.717, 1.165) is 37.6 Å². The quantitative estimate of drug-likeness (QED) is 0.926. The van der Waals surface area contributed by atoms with Crippen LogP contribution in [0.3, 0.4) is 0 Å². The van der Waals surface area contributed by atoms with Gasteiger partial charge >= 0.3 is 0 Å². The lowest BCUT2D eigenvalue weighted by atomic mass is 10.1. The van der Waals surface area contributed by atoms with E-state index in [1.807, 2.05) is 18.2 Å². The predicted octanol–water partition coefficient (Wildman–Crippen LogP) is 1.90. The molecule has 1 aliphatic rings. The maximum absolute atomic E-state index is 12.2. The standard InChI is InChI=1S/C16H17ClN4O2/c17-15-9-13(11-19-20-15)16(22)18-10-12-3-1-2-4-14(12)21-5-7-23-8-6-21/h1-4,9,11H,5-8,10H2,(H,18,22). The minimum atomic E-state index is -0.224. The number of nitrogens with one attached hydrogen (secondary N) is 1. The summed E-state index contributed by atoms with van der Waals surface area (Å²) in [5.74, 6) is -0.224. The van der Waals surface area contributed by atoms with Crippen molar-refractivity contribution in [2.24, 2.45) is 0 Å². The van der Waals surface area contributed by atoms with Crippen LogP contribution >= 0.6 is 11.6 Å². The second-order valence-corrected chi connectivity index (χ2v) is 5.57. The zero-order valence-corrected chi connectivity index (χ0v) is 13.3. The Morgan fingerprint density at radius 2 is 2.09 bits per heavy atom. The van der Waals surface area contributed by atoms with Crippen LogP contribution in [0.2, 0.25) is 5.15 Å². The molecule has 0 bridgehead atoms. The molecule has 120 valence electrons. The molecule has 23 heavy (non-hydrogen) atoms. The number of carbonyl (C=O) groups excluding carboxylic acids is 1. The monoisotopic (exact) mass is 332 g/mol. The van der Waals surface area contributed by atoms with Gasteiger partial charge in [0.25, 0.3) is 5.91 Å². The second-order valence-electron chi connectivity index (χ2n) is 5.18. The molecule has 0 radical (unpaired) electrons. The molecule has 0 saturated carbocycles. The number of nitrogens with zero attached hydrogens (tertiary/aromatic N) is 3. The van der Waals surface area contributed by atoms with Gasteiger partial charge in [0.1, 0.15) is 0 Å². The number of ether oxygens (including phenoxy) is 1. The van der Waals surface area contributed by atoms with E-state index >= 15 is 0 Å². The van der Waals surface area contributed by atoms with Crippen LogP contribution in [0.5, 0.6) is 0 Å². The van der Waals surface area contributed by atoms with Crippen LogP contribution in [0, 0.1) is 0 Å². The summed E-state index contributed by atoms with van der Waals surface area (Å²) in [5, 5.41) is 10.4. The molecule has 2 aromatic rings. The SMILES string of the molecule is O=C(NCc1ccccc1N1CCOCC1)c1cnnc(Cl)c1. The zero-order valence-electron chi connectivity index (χ0n) is 12.5. The molecule has 0 atom stereocenters. The van der Waals surface area contributed by atoms with Crippen LogP contribution in [0.25, 0.3) is 0 Å². The van der Waals surface area contributed by atoms with Gasteiger partial charge in [-0.3, -0.25) is 4.79 Å². The largest absolute Gasteiger partial charge is 0.378 e. The first-order valence-corrected chi connectivity index (χ1v) is 7.79. The molecule has 1 aliphatic heterocycles. The number of aromatic nitrogens is 2. The van der Waals surface area contributed by atoms with E-state index in [2.05, 4.69) is 26.5 Å². The van der Waals surface area contributed by atoms with Crippen molar-refractivity contribution in [1.82, 2.24) is 15.5 Å². The second kappa shape index (κ2) is 7.39. The molecule has 2 heterocycles. The maximum Gasteiger partial charge on any atom is 0.253 e.